The predicted molar refractivity (Wildman–Crippen MR) is 91.6 cm³/mol. The fourth-order valence-corrected chi connectivity index (χ4v) is 3.00. The van der Waals surface area contributed by atoms with Crippen molar-refractivity contribution < 1.29 is 5.11 Å². The van der Waals surface area contributed by atoms with Gasteiger partial charge in [-0.25, -0.2) is 9.97 Å². The van der Waals surface area contributed by atoms with Crippen LogP contribution in [0.25, 0.3) is 11.1 Å². The first kappa shape index (κ1) is 15.5. The van der Waals surface area contributed by atoms with E-state index in [-0.39, 0.29) is 6.61 Å². The molecule has 118 valence electrons. The molecule has 1 N–H and O–H groups in total. The molecule has 0 bridgehead atoms. The molecule has 1 saturated carbocycles. The van der Waals surface area contributed by atoms with Gasteiger partial charge in [0.2, 0.25) is 5.95 Å². The van der Waals surface area contributed by atoms with E-state index in [1.807, 2.05) is 4.90 Å². The lowest BCUT2D eigenvalue weighted by atomic mass is 9.86. The number of aliphatic hydroxyl groups excluding tert-OH is 1. The average molecular weight is 307 g/mol. The Morgan fingerprint density at radius 3 is 2.17 bits per heavy atom. The lowest BCUT2D eigenvalue weighted by Gasteiger charge is -2.32. The summed E-state index contributed by atoms with van der Waals surface area (Å²) in [6.07, 6.45) is 13.0. The van der Waals surface area contributed by atoms with Crippen molar-refractivity contribution in [3.63, 3.8) is 0 Å². The fourth-order valence-electron chi connectivity index (χ4n) is 3.00. The molecule has 0 unspecified atom stereocenters. The molecule has 0 radical (unpaired) electrons. The molecular formula is C19H21N3O. The molecule has 0 spiro atoms. The second-order valence-electron chi connectivity index (χ2n) is 5.99. The van der Waals surface area contributed by atoms with Crippen molar-refractivity contribution in [3.8, 4) is 23.6 Å². The number of aromatic nitrogens is 2. The van der Waals surface area contributed by atoms with Crippen LogP contribution in [0.5, 0.6) is 0 Å². The van der Waals surface area contributed by atoms with Crippen molar-refractivity contribution in [2.24, 2.45) is 5.92 Å². The van der Waals surface area contributed by atoms with E-state index < -0.39 is 0 Å². The van der Waals surface area contributed by atoms with Crippen molar-refractivity contribution in [1.82, 2.24) is 9.97 Å². The van der Waals surface area contributed by atoms with Crippen LogP contribution in [0, 0.1) is 18.4 Å². The number of benzene rings is 1. The van der Waals surface area contributed by atoms with Gasteiger partial charge in [-0.15, -0.1) is 0 Å². The van der Waals surface area contributed by atoms with Crippen LogP contribution < -0.4 is 4.90 Å². The van der Waals surface area contributed by atoms with E-state index in [9.17, 15) is 0 Å². The van der Waals surface area contributed by atoms with Crippen molar-refractivity contribution in [1.29, 1.82) is 0 Å². The van der Waals surface area contributed by atoms with E-state index in [0.29, 0.717) is 17.9 Å². The number of nitrogens with zero attached hydrogens (tertiary/aromatic N) is 3. The Hall–Kier alpha value is -2.38. The van der Waals surface area contributed by atoms with Crippen molar-refractivity contribution >= 4 is 5.95 Å². The zero-order valence-electron chi connectivity index (χ0n) is 13.1. The van der Waals surface area contributed by atoms with E-state index in [4.69, 9.17) is 11.5 Å². The van der Waals surface area contributed by atoms with E-state index in [0.717, 1.165) is 25.7 Å². The second-order valence-corrected chi connectivity index (χ2v) is 5.99. The maximum atomic E-state index is 9.11. The van der Waals surface area contributed by atoms with E-state index in [1.54, 1.807) is 18.5 Å². The maximum Gasteiger partial charge on any atom is 0.237 e. The molecule has 0 atom stereocenters. The van der Waals surface area contributed by atoms with Gasteiger partial charge in [0.05, 0.1) is 0 Å². The van der Waals surface area contributed by atoms with Crippen LogP contribution in [-0.4, -0.2) is 27.7 Å². The third-order valence-electron chi connectivity index (χ3n) is 4.46. The SMILES string of the molecule is C#CN(c1ncccn1)C1CCC(CO)CC1.c1cc2cc-2c1. The van der Waals surface area contributed by atoms with Gasteiger partial charge in [-0.3, -0.25) is 4.90 Å². The van der Waals surface area contributed by atoms with Crippen molar-refractivity contribution in [2.75, 3.05) is 11.5 Å². The summed E-state index contributed by atoms with van der Waals surface area (Å²) in [4.78, 5) is 10.2. The van der Waals surface area contributed by atoms with Gasteiger partial charge in [-0.1, -0.05) is 24.6 Å². The standard InChI is InChI=1S/C13H17N3O.C6H4/c1-2-16(13-14-8-3-9-15-13)12-6-4-11(10-17)5-7-12;1-2-5-4-6(5)3-1/h1,3,8-9,11-12,17H,4-7,10H2;1-4H. The summed E-state index contributed by atoms with van der Waals surface area (Å²) in [6.45, 7) is 0.282. The predicted octanol–water partition coefficient (Wildman–Crippen LogP) is 3.09. The lowest BCUT2D eigenvalue weighted by molar-refractivity contribution is 0.182. The van der Waals surface area contributed by atoms with Gasteiger partial charge in [0, 0.05) is 31.1 Å². The van der Waals surface area contributed by atoms with Gasteiger partial charge in [-0.05, 0) is 54.9 Å². The van der Waals surface area contributed by atoms with Crippen LogP contribution in [0.2, 0.25) is 0 Å². The monoisotopic (exact) mass is 307 g/mol. The molecular weight excluding hydrogens is 286 g/mol. The van der Waals surface area contributed by atoms with Gasteiger partial charge in [0.15, 0.2) is 0 Å². The Labute approximate surface area is 137 Å². The normalized spacial score (nSPS) is 20.7. The summed E-state index contributed by atoms with van der Waals surface area (Å²) in [6, 6.07) is 13.2. The molecule has 0 amide bonds. The van der Waals surface area contributed by atoms with Crippen molar-refractivity contribution in [3.05, 3.63) is 42.7 Å². The Balaban J connectivity index is 0.000000213. The van der Waals surface area contributed by atoms with Crippen LogP contribution in [0.1, 0.15) is 25.7 Å². The van der Waals surface area contributed by atoms with E-state index in [2.05, 4.69) is 40.3 Å². The number of fused-ring (bicyclic) bond motifs is 1. The largest absolute Gasteiger partial charge is 0.396 e. The molecule has 0 saturated heterocycles. The van der Waals surface area contributed by atoms with Crippen LogP contribution in [0.15, 0.2) is 42.7 Å². The second kappa shape index (κ2) is 7.26. The zero-order valence-corrected chi connectivity index (χ0v) is 13.1. The molecule has 4 rings (SSSR count). The van der Waals surface area contributed by atoms with E-state index >= 15 is 0 Å². The number of hydrogen-bond acceptors (Lipinski definition) is 4. The van der Waals surface area contributed by atoms with E-state index in [1.165, 1.54) is 11.1 Å². The summed E-state index contributed by atoms with van der Waals surface area (Å²) in [7, 11) is 0. The third-order valence-corrected chi connectivity index (χ3v) is 4.46. The minimum Gasteiger partial charge on any atom is -0.396 e. The molecule has 4 nitrogen and oxygen atoms in total. The highest BCUT2D eigenvalue weighted by Crippen LogP contribution is 2.32. The third kappa shape index (κ3) is 3.88. The minimum atomic E-state index is 0.282. The molecule has 1 aromatic rings. The van der Waals surface area contributed by atoms with Crippen LogP contribution >= 0.6 is 0 Å². The highest BCUT2D eigenvalue weighted by Gasteiger charge is 2.26. The Bertz CT molecular complexity index is 655. The summed E-state index contributed by atoms with van der Waals surface area (Å²) in [5, 5.41) is 9.11. The molecule has 23 heavy (non-hydrogen) atoms. The highest BCUT2D eigenvalue weighted by molar-refractivity contribution is 5.80. The van der Waals surface area contributed by atoms with Crippen LogP contribution in [0.3, 0.4) is 0 Å². The summed E-state index contributed by atoms with van der Waals surface area (Å²) in [5.41, 5.74) is 2.85. The first-order valence-corrected chi connectivity index (χ1v) is 8.05. The first-order valence-electron chi connectivity index (χ1n) is 8.05. The molecule has 0 aliphatic heterocycles. The summed E-state index contributed by atoms with van der Waals surface area (Å²) >= 11 is 0. The Morgan fingerprint density at radius 1 is 1.09 bits per heavy atom. The molecule has 1 aromatic heterocycles. The molecule has 4 heteroatoms. The summed E-state index contributed by atoms with van der Waals surface area (Å²) in [5.74, 6) is 1.03. The molecule has 0 aromatic carbocycles. The molecule has 3 aliphatic carbocycles. The van der Waals surface area contributed by atoms with Gasteiger partial charge < -0.3 is 5.11 Å². The fraction of sp³-hybridized carbons (Fsp3) is 0.368. The summed E-state index contributed by atoms with van der Waals surface area (Å²) < 4.78 is 0. The number of aliphatic hydroxyl groups is 1. The van der Waals surface area contributed by atoms with Gasteiger partial charge in [-0.2, -0.15) is 0 Å². The number of rotatable bonds is 3. The number of terminal acetylenes is 1. The molecule has 1 fully saturated rings. The smallest absolute Gasteiger partial charge is 0.237 e. The maximum absolute atomic E-state index is 9.11. The zero-order chi connectivity index (χ0) is 16.1. The Kier molecular flexibility index (Phi) is 4.89. The highest BCUT2D eigenvalue weighted by atomic mass is 16.3. The van der Waals surface area contributed by atoms with Crippen LogP contribution in [-0.2, 0) is 0 Å². The first-order chi connectivity index (χ1) is 11.3. The van der Waals surface area contributed by atoms with Crippen LogP contribution in [0.4, 0.5) is 5.95 Å². The van der Waals surface area contributed by atoms with Gasteiger partial charge >= 0.3 is 0 Å². The number of anilines is 1. The Morgan fingerprint density at radius 2 is 1.74 bits per heavy atom. The van der Waals surface area contributed by atoms with Gasteiger partial charge in [0.1, 0.15) is 0 Å². The topological polar surface area (TPSA) is 49.2 Å². The number of hydrogen-bond donors (Lipinski definition) is 1. The van der Waals surface area contributed by atoms with Gasteiger partial charge in [0.25, 0.3) is 0 Å². The molecule has 1 heterocycles. The van der Waals surface area contributed by atoms with Crippen molar-refractivity contribution in [2.45, 2.75) is 31.7 Å². The minimum absolute atomic E-state index is 0.282. The average Bonchev–Trinajstić information content (AvgIpc) is 3.23. The quantitative estimate of drug-likeness (QED) is 0.597. The lowest BCUT2D eigenvalue weighted by Crippen LogP contribution is -2.36. The molecule has 3 aliphatic rings.